The Morgan fingerprint density at radius 2 is 2.08 bits per heavy atom. The number of thiazole rings is 1. The quantitative estimate of drug-likeness (QED) is 0.712. The van der Waals surface area contributed by atoms with Gasteiger partial charge in [-0.2, -0.15) is 0 Å². The summed E-state index contributed by atoms with van der Waals surface area (Å²) in [6.07, 6.45) is 12.9. The first kappa shape index (κ1) is 18.8. The Morgan fingerprint density at radius 1 is 1.23 bits per heavy atom. The van der Waals surface area contributed by atoms with E-state index >= 15 is 0 Å². The van der Waals surface area contributed by atoms with E-state index < -0.39 is 0 Å². The summed E-state index contributed by atoms with van der Waals surface area (Å²) in [5, 5.41) is 1.93. The summed E-state index contributed by atoms with van der Waals surface area (Å²) in [4.78, 5) is 22.1. The van der Waals surface area contributed by atoms with Gasteiger partial charge in [-0.25, -0.2) is 4.98 Å². The minimum Gasteiger partial charge on any atom is -0.337 e. The second kappa shape index (κ2) is 8.19. The van der Waals surface area contributed by atoms with Crippen LogP contribution in [0.25, 0.3) is 0 Å². The summed E-state index contributed by atoms with van der Waals surface area (Å²) in [5.74, 6) is 1.06. The van der Waals surface area contributed by atoms with Crippen molar-refractivity contribution in [2.24, 2.45) is 11.3 Å². The number of piperidine rings is 1. The molecule has 1 aliphatic carbocycles. The number of hydrogen-bond donors (Lipinski definition) is 0. The first-order valence-electron chi connectivity index (χ1n) is 10.2. The van der Waals surface area contributed by atoms with Crippen LogP contribution in [0.2, 0.25) is 0 Å². The molecule has 6 heteroatoms. The minimum absolute atomic E-state index is 0.142. The predicted octanol–water partition coefficient (Wildman–Crippen LogP) is 4.37. The van der Waals surface area contributed by atoms with Crippen molar-refractivity contribution in [1.82, 2.24) is 14.8 Å². The molecule has 1 aromatic heterocycles. The van der Waals surface area contributed by atoms with Gasteiger partial charge in [0.1, 0.15) is 10.0 Å². The molecule has 1 amide bonds. The number of nitrogens with zero attached hydrogens (tertiary/aromatic N) is 3. The molecule has 2 saturated heterocycles. The second-order valence-corrected chi connectivity index (χ2v) is 10.4. The van der Waals surface area contributed by atoms with Crippen molar-refractivity contribution in [2.75, 3.05) is 39.0 Å². The van der Waals surface area contributed by atoms with E-state index in [1.807, 2.05) is 11.6 Å². The summed E-state index contributed by atoms with van der Waals surface area (Å²) >= 11 is 3.20. The maximum absolute atomic E-state index is 12.8. The fourth-order valence-electron chi connectivity index (χ4n) is 5.25. The van der Waals surface area contributed by atoms with Gasteiger partial charge in [0.05, 0.1) is 0 Å². The zero-order valence-electron chi connectivity index (χ0n) is 15.9. The van der Waals surface area contributed by atoms with Crippen molar-refractivity contribution in [3.8, 4) is 0 Å². The van der Waals surface area contributed by atoms with Crippen LogP contribution in [0.15, 0.2) is 9.72 Å². The number of amides is 1. The fraction of sp³-hybridized carbons (Fsp3) is 0.800. The molecular weight excluding hydrogens is 362 g/mol. The summed E-state index contributed by atoms with van der Waals surface area (Å²) < 4.78 is 0.985. The predicted molar refractivity (Wildman–Crippen MR) is 109 cm³/mol. The molecule has 3 aliphatic rings. The highest BCUT2D eigenvalue weighted by Crippen LogP contribution is 2.40. The van der Waals surface area contributed by atoms with Gasteiger partial charge < -0.3 is 9.80 Å². The maximum atomic E-state index is 12.8. The van der Waals surface area contributed by atoms with Gasteiger partial charge in [-0.05, 0) is 50.8 Å². The van der Waals surface area contributed by atoms with Gasteiger partial charge in [-0.3, -0.25) is 4.79 Å². The van der Waals surface area contributed by atoms with Crippen LogP contribution in [-0.4, -0.2) is 59.7 Å². The monoisotopic (exact) mass is 393 g/mol. The largest absolute Gasteiger partial charge is 0.337 e. The molecule has 3 fully saturated rings. The molecule has 2 aliphatic heterocycles. The molecule has 0 aromatic carbocycles. The normalized spacial score (nSPS) is 28.1. The molecule has 4 rings (SSSR count). The highest BCUT2D eigenvalue weighted by Gasteiger charge is 2.43. The minimum atomic E-state index is 0.142. The Bertz CT molecular complexity index is 628. The lowest BCUT2D eigenvalue weighted by molar-refractivity contribution is 0.0627. The average molecular weight is 394 g/mol. The van der Waals surface area contributed by atoms with Gasteiger partial charge in [0.15, 0.2) is 0 Å². The van der Waals surface area contributed by atoms with E-state index in [0.717, 1.165) is 23.3 Å². The van der Waals surface area contributed by atoms with Crippen molar-refractivity contribution in [2.45, 2.75) is 55.7 Å². The Labute approximate surface area is 165 Å². The van der Waals surface area contributed by atoms with Crippen LogP contribution in [0, 0.1) is 11.3 Å². The summed E-state index contributed by atoms with van der Waals surface area (Å²) in [7, 11) is 0. The van der Waals surface area contributed by atoms with Crippen molar-refractivity contribution in [3.63, 3.8) is 0 Å². The van der Waals surface area contributed by atoms with Crippen LogP contribution >= 0.6 is 23.1 Å². The molecule has 1 aromatic rings. The van der Waals surface area contributed by atoms with Gasteiger partial charge in [-0.15, -0.1) is 11.3 Å². The number of carbonyl (C=O) groups excluding carboxylic acids is 1. The lowest BCUT2D eigenvalue weighted by Gasteiger charge is -2.42. The molecule has 144 valence electrons. The molecule has 0 bridgehead atoms. The molecule has 26 heavy (non-hydrogen) atoms. The smallest absolute Gasteiger partial charge is 0.273 e. The van der Waals surface area contributed by atoms with E-state index in [1.54, 1.807) is 23.1 Å². The van der Waals surface area contributed by atoms with E-state index in [9.17, 15) is 4.79 Å². The lowest BCUT2D eigenvalue weighted by atomic mass is 9.78. The standard InChI is InChI=1S/C20H31N3OS2/c1-25-19-21-17(13-26-19)18(24)23-11-9-20(15-23)8-5-10-22(14-20)12-16-6-3-2-4-7-16/h13,16H,2-12,14-15H2,1H3/t20-/m0/s1. The van der Waals surface area contributed by atoms with Gasteiger partial charge in [0.2, 0.25) is 0 Å². The molecule has 4 nitrogen and oxygen atoms in total. The lowest BCUT2D eigenvalue weighted by Crippen LogP contribution is -2.47. The topological polar surface area (TPSA) is 36.4 Å². The van der Waals surface area contributed by atoms with E-state index in [0.29, 0.717) is 11.1 Å². The zero-order valence-corrected chi connectivity index (χ0v) is 17.5. The zero-order chi connectivity index (χ0) is 18.0. The molecule has 3 heterocycles. The summed E-state index contributed by atoms with van der Waals surface area (Å²) in [6, 6.07) is 0. The van der Waals surface area contributed by atoms with Crippen molar-refractivity contribution < 1.29 is 4.79 Å². The Hall–Kier alpha value is -0.590. The SMILES string of the molecule is CSc1nc(C(=O)N2CC[C@]3(CCCN(CC4CCCCC4)C3)C2)cs1. The van der Waals surface area contributed by atoms with Gasteiger partial charge in [-0.1, -0.05) is 31.0 Å². The number of thioether (sulfide) groups is 1. The van der Waals surface area contributed by atoms with Gasteiger partial charge in [0, 0.05) is 37.0 Å². The number of aromatic nitrogens is 1. The van der Waals surface area contributed by atoms with Crippen molar-refractivity contribution >= 4 is 29.0 Å². The molecular formula is C20H31N3OS2. The first-order chi connectivity index (χ1) is 12.7. The molecule has 1 spiro atoms. The van der Waals surface area contributed by atoms with Crippen LogP contribution in [0.5, 0.6) is 0 Å². The van der Waals surface area contributed by atoms with E-state index in [4.69, 9.17) is 0 Å². The third kappa shape index (κ3) is 4.12. The Balaban J connectivity index is 1.35. The van der Waals surface area contributed by atoms with E-state index in [1.165, 1.54) is 71.0 Å². The summed E-state index contributed by atoms with van der Waals surface area (Å²) in [6.45, 7) is 5.58. The highest BCUT2D eigenvalue weighted by molar-refractivity contribution is 8.00. The third-order valence-corrected chi connectivity index (χ3v) is 8.45. The van der Waals surface area contributed by atoms with Crippen LogP contribution in [0.3, 0.4) is 0 Å². The Morgan fingerprint density at radius 3 is 2.85 bits per heavy atom. The van der Waals surface area contributed by atoms with Crippen LogP contribution in [-0.2, 0) is 0 Å². The third-order valence-electron chi connectivity index (χ3n) is 6.58. The Kier molecular flexibility index (Phi) is 5.91. The molecule has 0 unspecified atom stereocenters. The van der Waals surface area contributed by atoms with Crippen molar-refractivity contribution in [1.29, 1.82) is 0 Å². The number of carbonyl (C=O) groups is 1. The fourth-order valence-corrected chi connectivity index (χ4v) is 6.49. The molecule has 0 radical (unpaired) electrons. The van der Waals surface area contributed by atoms with Crippen LogP contribution in [0.4, 0.5) is 0 Å². The van der Waals surface area contributed by atoms with Gasteiger partial charge >= 0.3 is 0 Å². The maximum Gasteiger partial charge on any atom is 0.273 e. The van der Waals surface area contributed by atoms with Crippen LogP contribution < -0.4 is 0 Å². The first-order valence-corrected chi connectivity index (χ1v) is 12.3. The van der Waals surface area contributed by atoms with E-state index in [2.05, 4.69) is 14.8 Å². The van der Waals surface area contributed by atoms with Crippen LogP contribution in [0.1, 0.15) is 61.9 Å². The molecule has 0 N–H and O–H groups in total. The highest BCUT2D eigenvalue weighted by atomic mass is 32.2. The molecule has 1 atom stereocenters. The number of rotatable bonds is 4. The number of likely N-dealkylation sites (tertiary alicyclic amines) is 2. The molecule has 1 saturated carbocycles. The van der Waals surface area contributed by atoms with Gasteiger partial charge in [0.25, 0.3) is 5.91 Å². The summed E-state index contributed by atoms with van der Waals surface area (Å²) in [5.41, 5.74) is 0.979. The van der Waals surface area contributed by atoms with E-state index in [-0.39, 0.29) is 5.91 Å². The number of hydrogen-bond acceptors (Lipinski definition) is 5. The second-order valence-electron chi connectivity index (χ2n) is 8.52. The van der Waals surface area contributed by atoms with Crippen molar-refractivity contribution in [3.05, 3.63) is 11.1 Å². The average Bonchev–Trinajstić information content (AvgIpc) is 3.30.